The SMILES string of the molecule is CN(Cc1ccc(Cl)s1)[C@@H]1CCCC[C@H]1O. The van der Waals surface area contributed by atoms with Crippen LogP contribution in [0.5, 0.6) is 0 Å². The molecule has 2 atom stereocenters. The van der Waals surface area contributed by atoms with Gasteiger partial charge in [0.2, 0.25) is 0 Å². The van der Waals surface area contributed by atoms with Crippen LogP contribution in [0.25, 0.3) is 0 Å². The van der Waals surface area contributed by atoms with E-state index >= 15 is 0 Å². The number of nitrogens with zero attached hydrogens (tertiary/aromatic N) is 1. The van der Waals surface area contributed by atoms with Crippen molar-refractivity contribution in [2.24, 2.45) is 0 Å². The Labute approximate surface area is 106 Å². The summed E-state index contributed by atoms with van der Waals surface area (Å²) in [4.78, 5) is 3.52. The fourth-order valence-corrected chi connectivity index (χ4v) is 3.56. The third-order valence-electron chi connectivity index (χ3n) is 3.29. The van der Waals surface area contributed by atoms with Crippen LogP contribution in [0.1, 0.15) is 30.6 Å². The Morgan fingerprint density at radius 1 is 1.44 bits per heavy atom. The summed E-state index contributed by atoms with van der Waals surface area (Å²) in [6.07, 6.45) is 4.29. The van der Waals surface area contributed by atoms with Crippen molar-refractivity contribution in [1.29, 1.82) is 0 Å². The molecular weight excluding hydrogens is 242 g/mol. The first-order valence-corrected chi connectivity index (χ1v) is 6.99. The molecule has 1 fully saturated rings. The van der Waals surface area contributed by atoms with E-state index in [1.165, 1.54) is 11.3 Å². The highest BCUT2D eigenvalue weighted by Gasteiger charge is 2.26. The monoisotopic (exact) mass is 259 g/mol. The summed E-state index contributed by atoms with van der Waals surface area (Å²) in [5.74, 6) is 0. The smallest absolute Gasteiger partial charge is 0.0931 e. The fraction of sp³-hybridized carbons (Fsp3) is 0.667. The largest absolute Gasteiger partial charge is 0.391 e. The number of halogens is 1. The van der Waals surface area contributed by atoms with Crippen LogP contribution in [-0.2, 0) is 6.54 Å². The second-order valence-corrected chi connectivity index (χ2v) is 6.34. The third kappa shape index (κ3) is 2.98. The first kappa shape index (κ1) is 12.4. The van der Waals surface area contributed by atoms with Gasteiger partial charge in [-0.1, -0.05) is 24.4 Å². The predicted octanol–water partition coefficient (Wildman–Crippen LogP) is 3.14. The molecule has 90 valence electrons. The first-order chi connectivity index (χ1) is 7.66. The minimum atomic E-state index is -0.158. The van der Waals surface area contributed by atoms with Gasteiger partial charge in [-0.2, -0.15) is 0 Å². The van der Waals surface area contributed by atoms with Gasteiger partial charge < -0.3 is 5.11 Å². The molecule has 0 aliphatic heterocycles. The van der Waals surface area contributed by atoms with Gasteiger partial charge >= 0.3 is 0 Å². The summed E-state index contributed by atoms with van der Waals surface area (Å²) in [5, 5.41) is 9.96. The molecule has 0 saturated heterocycles. The van der Waals surface area contributed by atoms with Gasteiger partial charge in [0.05, 0.1) is 10.4 Å². The molecule has 4 heteroatoms. The van der Waals surface area contributed by atoms with Crippen molar-refractivity contribution in [3.05, 3.63) is 21.3 Å². The molecule has 1 saturated carbocycles. The topological polar surface area (TPSA) is 23.5 Å². The van der Waals surface area contributed by atoms with Gasteiger partial charge in [0, 0.05) is 17.5 Å². The average molecular weight is 260 g/mol. The molecule has 0 amide bonds. The van der Waals surface area contributed by atoms with Gasteiger partial charge in [0.25, 0.3) is 0 Å². The molecule has 16 heavy (non-hydrogen) atoms. The molecule has 1 aromatic heterocycles. The number of hydrogen-bond acceptors (Lipinski definition) is 3. The van der Waals surface area contributed by atoms with E-state index in [9.17, 15) is 5.11 Å². The molecule has 1 aliphatic carbocycles. The molecule has 1 heterocycles. The predicted molar refractivity (Wildman–Crippen MR) is 69.1 cm³/mol. The number of thiophene rings is 1. The van der Waals surface area contributed by atoms with Gasteiger partial charge in [0.1, 0.15) is 0 Å². The molecule has 2 rings (SSSR count). The highest BCUT2D eigenvalue weighted by atomic mass is 35.5. The van der Waals surface area contributed by atoms with Crippen molar-refractivity contribution in [2.45, 2.75) is 44.4 Å². The first-order valence-electron chi connectivity index (χ1n) is 5.79. The zero-order chi connectivity index (χ0) is 11.5. The highest BCUT2D eigenvalue weighted by molar-refractivity contribution is 7.16. The number of rotatable bonds is 3. The van der Waals surface area contributed by atoms with E-state index in [0.29, 0.717) is 6.04 Å². The van der Waals surface area contributed by atoms with Gasteiger partial charge in [-0.05, 0) is 32.0 Å². The van der Waals surface area contributed by atoms with E-state index < -0.39 is 0 Å². The maximum absolute atomic E-state index is 9.96. The summed E-state index contributed by atoms with van der Waals surface area (Å²) in [7, 11) is 2.09. The summed E-state index contributed by atoms with van der Waals surface area (Å²) < 4.78 is 0.840. The van der Waals surface area contributed by atoms with Crippen LogP contribution < -0.4 is 0 Å². The Hall–Kier alpha value is -0.0900. The van der Waals surface area contributed by atoms with Crippen molar-refractivity contribution < 1.29 is 5.11 Å². The zero-order valence-electron chi connectivity index (χ0n) is 9.53. The van der Waals surface area contributed by atoms with Gasteiger partial charge in [-0.25, -0.2) is 0 Å². The second-order valence-electron chi connectivity index (χ2n) is 4.54. The number of hydrogen-bond donors (Lipinski definition) is 1. The number of likely N-dealkylation sites (N-methyl/N-ethyl adjacent to an activating group) is 1. The Morgan fingerprint density at radius 2 is 2.19 bits per heavy atom. The van der Waals surface area contributed by atoms with E-state index in [0.717, 1.165) is 30.1 Å². The Bertz CT molecular complexity index is 342. The molecule has 1 aromatic rings. The molecule has 0 bridgehead atoms. The summed E-state index contributed by atoms with van der Waals surface area (Å²) in [5.41, 5.74) is 0. The van der Waals surface area contributed by atoms with E-state index in [-0.39, 0.29) is 6.10 Å². The lowest BCUT2D eigenvalue weighted by atomic mass is 9.91. The second kappa shape index (κ2) is 5.50. The van der Waals surface area contributed by atoms with Crippen LogP contribution in [0, 0.1) is 0 Å². The van der Waals surface area contributed by atoms with Crippen LogP contribution in [0.3, 0.4) is 0 Å². The number of aliphatic hydroxyl groups excluding tert-OH is 1. The third-order valence-corrected chi connectivity index (χ3v) is 4.51. The molecule has 0 radical (unpaired) electrons. The maximum Gasteiger partial charge on any atom is 0.0931 e. The van der Waals surface area contributed by atoms with E-state index in [2.05, 4.69) is 18.0 Å². The van der Waals surface area contributed by atoms with Crippen LogP contribution in [0.2, 0.25) is 4.34 Å². The van der Waals surface area contributed by atoms with Gasteiger partial charge in [-0.15, -0.1) is 11.3 Å². The minimum absolute atomic E-state index is 0.158. The summed E-state index contributed by atoms with van der Waals surface area (Å²) in [6.45, 7) is 0.888. The van der Waals surface area contributed by atoms with Crippen LogP contribution in [0.4, 0.5) is 0 Å². The highest BCUT2D eigenvalue weighted by Crippen LogP contribution is 2.26. The molecule has 0 unspecified atom stereocenters. The van der Waals surface area contributed by atoms with E-state index in [1.54, 1.807) is 11.3 Å². The summed E-state index contributed by atoms with van der Waals surface area (Å²) in [6, 6.07) is 4.32. The summed E-state index contributed by atoms with van der Waals surface area (Å²) >= 11 is 7.53. The average Bonchev–Trinajstić information content (AvgIpc) is 2.64. The lowest BCUT2D eigenvalue weighted by molar-refractivity contribution is 0.0292. The van der Waals surface area contributed by atoms with Crippen molar-refractivity contribution in [3.63, 3.8) is 0 Å². The minimum Gasteiger partial charge on any atom is -0.391 e. The van der Waals surface area contributed by atoms with Crippen molar-refractivity contribution >= 4 is 22.9 Å². The lowest BCUT2D eigenvalue weighted by Gasteiger charge is -2.34. The molecule has 1 aliphatic rings. The Kier molecular flexibility index (Phi) is 4.25. The van der Waals surface area contributed by atoms with Gasteiger partial charge in [0.15, 0.2) is 0 Å². The zero-order valence-corrected chi connectivity index (χ0v) is 11.1. The molecular formula is C12H18ClNOS. The number of aliphatic hydroxyl groups is 1. The standard InChI is InChI=1S/C12H18ClNOS/c1-14(8-9-6-7-12(13)16-9)10-4-2-3-5-11(10)15/h6-7,10-11,15H,2-5,8H2,1H3/t10-,11-/m1/s1. The lowest BCUT2D eigenvalue weighted by Crippen LogP contribution is -2.42. The Balaban J connectivity index is 1.93. The van der Waals surface area contributed by atoms with Gasteiger partial charge in [-0.3, -0.25) is 4.90 Å². The molecule has 0 spiro atoms. The normalized spacial score (nSPS) is 26.2. The van der Waals surface area contributed by atoms with Crippen molar-refractivity contribution in [3.8, 4) is 0 Å². The maximum atomic E-state index is 9.96. The van der Waals surface area contributed by atoms with E-state index in [4.69, 9.17) is 11.6 Å². The fourth-order valence-electron chi connectivity index (χ4n) is 2.41. The Morgan fingerprint density at radius 3 is 2.81 bits per heavy atom. The van der Waals surface area contributed by atoms with Crippen molar-refractivity contribution in [1.82, 2.24) is 4.90 Å². The molecule has 1 N–H and O–H groups in total. The van der Waals surface area contributed by atoms with Crippen LogP contribution in [0.15, 0.2) is 12.1 Å². The quantitative estimate of drug-likeness (QED) is 0.902. The van der Waals surface area contributed by atoms with Crippen LogP contribution >= 0.6 is 22.9 Å². The van der Waals surface area contributed by atoms with Crippen LogP contribution in [-0.4, -0.2) is 29.2 Å². The van der Waals surface area contributed by atoms with E-state index in [1.807, 2.05) is 6.07 Å². The van der Waals surface area contributed by atoms with Crippen molar-refractivity contribution in [2.75, 3.05) is 7.05 Å². The molecule has 0 aromatic carbocycles. The molecule has 2 nitrogen and oxygen atoms in total.